The van der Waals surface area contributed by atoms with Gasteiger partial charge in [0.2, 0.25) is 10.0 Å². The zero-order valence-electron chi connectivity index (χ0n) is 13.2. The molecule has 8 heteroatoms. The van der Waals surface area contributed by atoms with Gasteiger partial charge in [-0.2, -0.15) is 9.40 Å². The summed E-state index contributed by atoms with van der Waals surface area (Å²) in [5, 5.41) is 8.36. The average molecular weight is 323 g/mol. The number of sulfonamides is 1. The lowest BCUT2D eigenvalue weighted by Crippen LogP contribution is -2.57. The van der Waals surface area contributed by atoms with Crippen LogP contribution in [0.2, 0.25) is 0 Å². The van der Waals surface area contributed by atoms with Crippen LogP contribution in [0.5, 0.6) is 0 Å². The molecule has 3 rings (SSSR count). The highest BCUT2D eigenvalue weighted by Crippen LogP contribution is 2.24. The number of hydrogen-bond acceptors (Lipinski definition) is 5. The van der Waals surface area contributed by atoms with Crippen molar-refractivity contribution < 1.29 is 8.42 Å². The topological polar surface area (TPSA) is 80.1 Å². The Morgan fingerprint density at radius 2 is 2.09 bits per heavy atom. The minimum absolute atomic E-state index is 0.0931. The number of nitrogens with one attached hydrogen (secondary N) is 1. The Hall–Kier alpha value is -1.51. The predicted octanol–water partition coefficient (Wildman–Crippen LogP) is 0.648. The molecule has 22 heavy (non-hydrogen) atoms. The van der Waals surface area contributed by atoms with Crippen LogP contribution in [0.3, 0.4) is 0 Å². The van der Waals surface area contributed by atoms with E-state index in [0.717, 1.165) is 11.1 Å². The molecule has 7 nitrogen and oxygen atoms in total. The van der Waals surface area contributed by atoms with E-state index in [1.54, 1.807) is 22.1 Å². The van der Waals surface area contributed by atoms with Crippen LogP contribution in [0, 0.1) is 6.92 Å². The first-order chi connectivity index (χ1) is 10.3. The number of aryl methyl sites for hydroxylation is 2. The van der Waals surface area contributed by atoms with Crippen LogP contribution >= 0.6 is 0 Å². The molecule has 0 spiro atoms. The minimum Gasteiger partial charge on any atom is -0.311 e. The molecule has 2 unspecified atom stereocenters. The lowest BCUT2D eigenvalue weighted by Gasteiger charge is -2.37. The molecule has 2 atom stereocenters. The van der Waals surface area contributed by atoms with E-state index in [1.807, 2.05) is 20.8 Å². The van der Waals surface area contributed by atoms with Crippen molar-refractivity contribution in [3.63, 3.8) is 0 Å². The highest BCUT2D eigenvalue weighted by Gasteiger charge is 2.34. The largest absolute Gasteiger partial charge is 0.311 e. The average Bonchev–Trinajstić information content (AvgIpc) is 2.76. The van der Waals surface area contributed by atoms with Crippen LogP contribution < -0.4 is 5.32 Å². The first-order valence-corrected chi connectivity index (χ1v) is 8.81. The van der Waals surface area contributed by atoms with Gasteiger partial charge in [0.05, 0.1) is 5.69 Å². The van der Waals surface area contributed by atoms with Crippen molar-refractivity contribution in [1.82, 2.24) is 24.4 Å². The first kappa shape index (κ1) is 15.4. The van der Waals surface area contributed by atoms with Crippen molar-refractivity contribution in [3.8, 4) is 0 Å². The molecule has 3 heterocycles. The van der Waals surface area contributed by atoms with Gasteiger partial charge in [0.25, 0.3) is 0 Å². The standard InChI is InChI=1S/C14H21N5O2S/c1-9-11(3)19(6-5-15-9)22(20,21)12-7-13-10(2)17-18(4)14(13)16-8-12/h7-9,11,15H,5-6H2,1-4H3. The van der Waals surface area contributed by atoms with Gasteiger partial charge in [0.15, 0.2) is 5.65 Å². The zero-order chi connectivity index (χ0) is 16.1. The second kappa shape index (κ2) is 5.29. The molecular weight excluding hydrogens is 302 g/mol. The maximum absolute atomic E-state index is 12.9. The van der Waals surface area contributed by atoms with E-state index in [1.165, 1.54) is 6.20 Å². The molecule has 0 saturated carbocycles. The minimum atomic E-state index is -3.55. The van der Waals surface area contributed by atoms with Gasteiger partial charge in [0.1, 0.15) is 4.90 Å². The fourth-order valence-corrected chi connectivity index (χ4v) is 4.61. The maximum atomic E-state index is 12.9. The molecule has 0 radical (unpaired) electrons. The molecule has 1 fully saturated rings. The van der Waals surface area contributed by atoms with E-state index in [-0.39, 0.29) is 17.0 Å². The van der Waals surface area contributed by atoms with Crippen LogP contribution in [0.4, 0.5) is 0 Å². The third kappa shape index (κ3) is 2.31. The Morgan fingerprint density at radius 3 is 2.82 bits per heavy atom. The monoisotopic (exact) mass is 323 g/mol. The van der Waals surface area contributed by atoms with Crippen molar-refractivity contribution in [2.75, 3.05) is 13.1 Å². The van der Waals surface area contributed by atoms with Crippen LogP contribution in [0.25, 0.3) is 11.0 Å². The number of nitrogens with zero attached hydrogens (tertiary/aromatic N) is 4. The number of pyridine rings is 1. The zero-order valence-corrected chi connectivity index (χ0v) is 14.1. The van der Waals surface area contributed by atoms with Gasteiger partial charge in [-0.05, 0) is 26.8 Å². The lowest BCUT2D eigenvalue weighted by molar-refractivity contribution is 0.233. The SMILES string of the molecule is Cc1nn(C)c2ncc(S(=O)(=O)N3CCNC(C)C3C)cc12. The molecular formula is C14H21N5O2S. The van der Waals surface area contributed by atoms with E-state index in [9.17, 15) is 8.42 Å². The van der Waals surface area contributed by atoms with Gasteiger partial charge in [-0.15, -0.1) is 0 Å². The summed E-state index contributed by atoms with van der Waals surface area (Å²) in [5.41, 5.74) is 1.47. The van der Waals surface area contributed by atoms with Gasteiger partial charge in [-0.1, -0.05) is 0 Å². The molecule has 120 valence electrons. The highest BCUT2D eigenvalue weighted by atomic mass is 32.2. The number of rotatable bonds is 2. The van der Waals surface area contributed by atoms with Gasteiger partial charge < -0.3 is 5.32 Å². The van der Waals surface area contributed by atoms with Gasteiger partial charge >= 0.3 is 0 Å². The second-order valence-corrected chi connectivity index (χ2v) is 7.74. The van der Waals surface area contributed by atoms with Crippen LogP contribution in [0.1, 0.15) is 19.5 Å². The molecule has 1 saturated heterocycles. The molecule has 1 N–H and O–H groups in total. The molecule has 2 aromatic rings. The van der Waals surface area contributed by atoms with E-state index < -0.39 is 10.0 Å². The highest BCUT2D eigenvalue weighted by molar-refractivity contribution is 7.89. The summed E-state index contributed by atoms with van der Waals surface area (Å²) >= 11 is 0. The van der Waals surface area contributed by atoms with E-state index in [0.29, 0.717) is 18.7 Å². The van der Waals surface area contributed by atoms with Crippen LogP contribution in [-0.4, -0.2) is 52.7 Å². The molecule has 0 aromatic carbocycles. The quantitative estimate of drug-likeness (QED) is 0.877. The van der Waals surface area contributed by atoms with Crippen LogP contribution in [0.15, 0.2) is 17.2 Å². The predicted molar refractivity (Wildman–Crippen MR) is 84.1 cm³/mol. The van der Waals surface area contributed by atoms with E-state index in [4.69, 9.17) is 0 Å². The lowest BCUT2D eigenvalue weighted by atomic mass is 10.1. The molecule has 1 aliphatic rings. The van der Waals surface area contributed by atoms with Gasteiger partial charge in [-0.3, -0.25) is 4.68 Å². The fourth-order valence-electron chi connectivity index (χ4n) is 2.93. The number of aromatic nitrogens is 3. The van der Waals surface area contributed by atoms with Crippen molar-refractivity contribution in [1.29, 1.82) is 0 Å². The van der Waals surface area contributed by atoms with Gasteiger partial charge in [0, 0.05) is 43.8 Å². The van der Waals surface area contributed by atoms with E-state index >= 15 is 0 Å². The third-order valence-electron chi connectivity index (χ3n) is 4.42. The van der Waals surface area contributed by atoms with E-state index in [2.05, 4.69) is 15.4 Å². The molecule has 1 aliphatic heterocycles. The van der Waals surface area contributed by atoms with Crippen LogP contribution in [-0.2, 0) is 17.1 Å². The van der Waals surface area contributed by atoms with Crippen molar-refractivity contribution in [2.24, 2.45) is 7.05 Å². The summed E-state index contributed by atoms with van der Waals surface area (Å²) < 4.78 is 29.1. The summed E-state index contributed by atoms with van der Waals surface area (Å²) in [6.45, 7) is 6.91. The summed E-state index contributed by atoms with van der Waals surface area (Å²) in [5.74, 6) is 0. The molecule has 0 aliphatic carbocycles. The number of piperazine rings is 1. The molecule has 2 aromatic heterocycles. The number of hydrogen-bond donors (Lipinski definition) is 1. The van der Waals surface area contributed by atoms with Crippen molar-refractivity contribution >= 4 is 21.1 Å². The third-order valence-corrected chi connectivity index (χ3v) is 6.37. The second-order valence-electron chi connectivity index (χ2n) is 5.85. The first-order valence-electron chi connectivity index (χ1n) is 7.37. The van der Waals surface area contributed by atoms with Crippen molar-refractivity contribution in [3.05, 3.63) is 18.0 Å². The number of fused-ring (bicyclic) bond motifs is 1. The molecule has 0 amide bonds. The molecule has 0 bridgehead atoms. The smallest absolute Gasteiger partial charge is 0.244 e. The fraction of sp³-hybridized carbons (Fsp3) is 0.571. The Morgan fingerprint density at radius 1 is 1.36 bits per heavy atom. The maximum Gasteiger partial charge on any atom is 0.244 e. The Kier molecular flexibility index (Phi) is 3.70. The Balaban J connectivity index is 2.07. The summed E-state index contributed by atoms with van der Waals surface area (Å²) in [4.78, 5) is 4.52. The summed E-state index contributed by atoms with van der Waals surface area (Å²) in [6.07, 6.45) is 1.43. The Labute approximate surface area is 130 Å². The van der Waals surface area contributed by atoms with Gasteiger partial charge in [-0.25, -0.2) is 13.4 Å². The van der Waals surface area contributed by atoms with Crippen molar-refractivity contribution in [2.45, 2.75) is 37.8 Å². The summed E-state index contributed by atoms with van der Waals surface area (Å²) in [6, 6.07) is 1.71. The summed E-state index contributed by atoms with van der Waals surface area (Å²) in [7, 11) is -1.75. The normalized spacial score (nSPS) is 24.0. The Bertz CT molecular complexity index is 814.